The molecule has 98 valence electrons. The molecule has 0 saturated carbocycles. The van der Waals surface area contributed by atoms with Gasteiger partial charge in [0.25, 0.3) is 0 Å². The molecule has 0 bridgehead atoms. The normalized spacial score (nSPS) is 10.8. The van der Waals surface area contributed by atoms with E-state index in [1.165, 1.54) is 0 Å². The van der Waals surface area contributed by atoms with Crippen molar-refractivity contribution in [3.05, 3.63) is 65.7 Å². The lowest BCUT2D eigenvalue weighted by Crippen LogP contribution is -2.31. The van der Waals surface area contributed by atoms with Gasteiger partial charge in [0.1, 0.15) is 0 Å². The van der Waals surface area contributed by atoms with E-state index in [0.717, 1.165) is 21.9 Å². The molecule has 3 aromatic carbocycles. The first-order chi connectivity index (χ1) is 9.68. The predicted octanol–water partition coefficient (Wildman–Crippen LogP) is 2.84. The Morgan fingerprint density at radius 2 is 1.35 bits per heavy atom. The Morgan fingerprint density at radius 3 is 2.10 bits per heavy atom. The average molecular weight is 283 g/mol. The quantitative estimate of drug-likeness (QED) is 0.710. The molecule has 0 amide bonds. The van der Waals surface area contributed by atoms with Gasteiger partial charge in [0.15, 0.2) is 0 Å². The maximum absolute atomic E-state index is 9.52. The van der Waals surface area contributed by atoms with E-state index >= 15 is 0 Å². The van der Waals surface area contributed by atoms with E-state index in [0.29, 0.717) is 10.5 Å². The van der Waals surface area contributed by atoms with Gasteiger partial charge in [-0.15, -0.1) is 0 Å². The van der Waals surface area contributed by atoms with Crippen LogP contribution in [0.4, 0.5) is 0 Å². The van der Waals surface area contributed by atoms with E-state index in [1.807, 2.05) is 48.5 Å². The fourth-order valence-electron chi connectivity index (χ4n) is 2.46. The summed E-state index contributed by atoms with van der Waals surface area (Å²) in [6, 6.07) is 18.8. The number of halogens is 1. The average Bonchev–Trinajstić information content (AvgIpc) is 2.48. The SMILES string of the molecule is OB(O)c1ccccc1-c1ccc(Cl)c2ccccc12. The summed E-state index contributed by atoms with van der Waals surface area (Å²) in [7, 11) is -1.50. The number of hydrogen-bond acceptors (Lipinski definition) is 2. The van der Waals surface area contributed by atoms with E-state index in [9.17, 15) is 10.0 Å². The van der Waals surface area contributed by atoms with Gasteiger partial charge in [0.05, 0.1) is 0 Å². The summed E-state index contributed by atoms with van der Waals surface area (Å²) in [5.41, 5.74) is 2.23. The molecule has 0 aliphatic rings. The van der Waals surface area contributed by atoms with Crippen molar-refractivity contribution < 1.29 is 10.0 Å². The number of benzene rings is 3. The minimum Gasteiger partial charge on any atom is -0.423 e. The molecule has 2 nitrogen and oxygen atoms in total. The van der Waals surface area contributed by atoms with Crippen LogP contribution >= 0.6 is 11.6 Å². The molecule has 20 heavy (non-hydrogen) atoms. The van der Waals surface area contributed by atoms with Gasteiger partial charge in [0, 0.05) is 10.4 Å². The summed E-state index contributed by atoms with van der Waals surface area (Å²) < 4.78 is 0. The topological polar surface area (TPSA) is 40.5 Å². The molecule has 0 aliphatic carbocycles. The van der Waals surface area contributed by atoms with Crippen LogP contribution in [0, 0.1) is 0 Å². The van der Waals surface area contributed by atoms with Gasteiger partial charge >= 0.3 is 7.12 Å². The molecule has 4 heteroatoms. The second-order valence-corrected chi connectivity index (χ2v) is 5.01. The van der Waals surface area contributed by atoms with Crippen LogP contribution in [-0.4, -0.2) is 17.2 Å². The fourth-order valence-corrected chi connectivity index (χ4v) is 2.69. The smallest absolute Gasteiger partial charge is 0.423 e. The van der Waals surface area contributed by atoms with Crippen molar-refractivity contribution in [3.8, 4) is 11.1 Å². The van der Waals surface area contributed by atoms with Gasteiger partial charge < -0.3 is 10.0 Å². The van der Waals surface area contributed by atoms with Crippen molar-refractivity contribution in [2.45, 2.75) is 0 Å². The molecular weight excluding hydrogens is 270 g/mol. The molecule has 0 atom stereocenters. The summed E-state index contributed by atoms with van der Waals surface area (Å²) in [4.78, 5) is 0. The lowest BCUT2D eigenvalue weighted by atomic mass is 9.75. The molecule has 0 heterocycles. The summed E-state index contributed by atoms with van der Waals surface area (Å²) in [6.45, 7) is 0. The molecule has 0 aliphatic heterocycles. The van der Waals surface area contributed by atoms with Crippen LogP contribution in [0.1, 0.15) is 0 Å². The largest absolute Gasteiger partial charge is 0.489 e. The van der Waals surface area contributed by atoms with E-state index in [2.05, 4.69) is 0 Å². The number of fused-ring (bicyclic) bond motifs is 1. The second-order valence-electron chi connectivity index (χ2n) is 4.60. The van der Waals surface area contributed by atoms with E-state index in [-0.39, 0.29) is 0 Å². The highest BCUT2D eigenvalue weighted by molar-refractivity contribution is 6.60. The van der Waals surface area contributed by atoms with E-state index in [4.69, 9.17) is 11.6 Å². The zero-order valence-electron chi connectivity index (χ0n) is 10.6. The van der Waals surface area contributed by atoms with Crippen LogP contribution in [0.5, 0.6) is 0 Å². The first-order valence-electron chi connectivity index (χ1n) is 6.31. The highest BCUT2D eigenvalue weighted by Crippen LogP contribution is 2.32. The fraction of sp³-hybridized carbons (Fsp3) is 0. The first-order valence-corrected chi connectivity index (χ1v) is 6.69. The molecule has 3 aromatic rings. The Labute approximate surface area is 122 Å². The number of rotatable bonds is 2. The highest BCUT2D eigenvalue weighted by Gasteiger charge is 2.17. The Kier molecular flexibility index (Phi) is 3.49. The van der Waals surface area contributed by atoms with Gasteiger partial charge in [-0.3, -0.25) is 0 Å². The van der Waals surface area contributed by atoms with Crippen LogP contribution in [-0.2, 0) is 0 Å². The third kappa shape index (κ3) is 2.20. The van der Waals surface area contributed by atoms with Crippen LogP contribution in [0.2, 0.25) is 5.02 Å². The van der Waals surface area contributed by atoms with Gasteiger partial charge in [-0.1, -0.05) is 66.2 Å². The van der Waals surface area contributed by atoms with Crippen molar-refractivity contribution in [3.63, 3.8) is 0 Å². The summed E-state index contributed by atoms with van der Waals surface area (Å²) in [5.74, 6) is 0. The minimum atomic E-state index is -1.50. The number of hydrogen-bond donors (Lipinski definition) is 2. The van der Waals surface area contributed by atoms with Gasteiger partial charge in [-0.2, -0.15) is 0 Å². The lowest BCUT2D eigenvalue weighted by molar-refractivity contribution is 0.426. The third-order valence-electron chi connectivity index (χ3n) is 3.40. The molecule has 0 saturated heterocycles. The van der Waals surface area contributed by atoms with Crippen molar-refractivity contribution in [2.75, 3.05) is 0 Å². The Balaban J connectivity index is 2.34. The van der Waals surface area contributed by atoms with Gasteiger partial charge in [-0.05, 0) is 28.0 Å². The maximum Gasteiger partial charge on any atom is 0.489 e. The molecule has 0 fully saturated rings. The van der Waals surface area contributed by atoms with Crippen molar-refractivity contribution in [1.29, 1.82) is 0 Å². The molecule has 0 unspecified atom stereocenters. The van der Waals surface area contributed by atoms with Crippen molar-refractivity contribution >= 4 is 35.0 Å². The van der Waals surface area contributed by atoms with Crippen LogP contribution in [0.25, 0.3) is 21.9 Å². The van der Waals surface area contributed by atoms with Gasteiger partial charge in [0.2, 0.25) is 0 Å². The summed E-state index contributed by atoms with van der Waals surface area (Å²) in [6.07, 6.45) is 0. The van der Waals surface area contributed by atoms with E-state index in [1.54, 1.807) is 12.1 Å². The lowest BCUT2D eigenvalue weighted by Gasteiger charge is -2.12. The molecule has 0 spiro atoms. The summed E-state index contributed by atoms with van der Waals surface area (Å²) >= 11 is 6.22. The van der Waals surface area contributed by atoms with Crippen LogP contribution in [0.15, 0.2) is 60.7 Å². The predicted molar refractivity (Wildman–Crippen MR) is 84.2 cm³/mol. The van der Waals surface area contributed by atoms with E-state index < -0.39 is 7.12 Å². The first kappa shape index (κ1) is 13.2. The highest BCUT2D eigenvalue weighted by atomic mass is 35.5. The third-order valence-corrected chi connectivity index (χ3v) is 3.73. The zero-order chi connectivity index (χ0) is 14.1. The molecular formula is C16H12BClO2. The molecule has 3 rings (SSSR count). The van der Waals surface area contributed by atoms with Gasteiger partial charge in [-0.25, -0.2) is 0 Å². The zero-order valence-corrected chi connectivity index (χ0v) is 11.4. The Morgan fingerprint density at radius 1 is 0.700 bits per heavy atom. The van der Waals surface area contributed by atoms with Crippen molar-refractivity contribution in [1.82, 2.24) is 0 Å². The Bertz CT molecular complexity index is 771. The summed E-state index contributed by atoms with van der Waals surface area (Å²) in [5, 5.41) is 21.7. The Hall–Kier alpha value is -1.81. The molecule has 0 aromatic heterocycles. The molecule has 0 radical (unpaired) electrons. The standard InChI is InChI=1S/C16H12BClO2/c18-16-10-9-12(11-5-1-2-7-14(11)16)13-6-3-4-8-15(13)17(19)20/h1-10,19-20H. The van der Waals surface area contributed by atoms with Crippen LogP contribution in [0.3, 0.4) is 0 Å². The van der Waals surface area contributed by atoms with Crippen LogP contribution < -0.4 is 5.46 Å². The molecule has 2 N–H and O–H groups in total. The van der Waals surface area contributed by atoms with Crippen molar-refractivity contribution in [2.24, 2.45) is 0 Å². The minimum absolute atomic E-state index is 0.486. The maximum atomic E-state index is 9.52. The second kappa shape index (κ2) is 5.29. The monoisotopic (exact) mass is 282 g/mol.